The fraction of sp³-hybridized carbons (Fsp3) is 0.393. The number of hydrogen-bond acceptors (Lipinski definition) is 5. The Bertz CT molecular complexity index is 1240. The van der Waals surface area contributed by atoms with Gasteiger partial charge < -0.3 is 14.5 Å². The molecule has 4 amide bonds. The number of ether oxygens (including phenoxy) is 1. The van der Waals surface area contributed by atoms with Crippen molar-refractivity contribution in [3.05, 3.63) is 77.1 Å². The minimum Gasteiger partial charge on any atom is -0.459 e. The minimum absolute atomic E-state index is 0.191. The molecule has 0 bridgehead atoms. The van der Waals surface area contributed by atoms with E-state index >= 15 is 0 Å². The second kappa shape index (κ2) is 10.1. The summed E-state index contributed by atoms with van der Waals surface area (Å²) < 4.78 is 5.36. The highest BCUT2D eigenvalue weighted by Gasteiger charge is 2.58. The molecular weight excluding hydrogens is 472 g/mol. The van der Waals surface area contributed by atoms with Crippen molar-refractivity contribution in [3.63, 3.8) is 0 Å². The normalized spacial score (nSPS) is 17.2. The van der Waals surface area contributed by atoms with Gasteiger partial charge in [0, 0.05) is 25.2 Å². The number of rotatable bonds is 5. The maximum Gasteiger partial charge on any atom is 0.328 e. The van der Waals surface area contributed by atoms with Crippen LogP contribution in [0.4, 0.5) is 10.5 Å². The molecule has 4 rings (SSSR count). The molecule has 1 spiro atoms. The lowest BCUT2D eigenvalue weighted by Gasteiger charge is -2.42. The van der Waals surface area contributed by atoms with Crippen molar-refractivity contribution < 1.29 is 23.9 Å². The zero-order valence-electron chi connectivity index (χ0n) is 21.3. The van der Waals surface area contributed by atoms with Gasteiger partial charge in [0.25, 0.3) is 11.8 Å². The Morgan fingerprint density at radius 2 is 1.62 bits per heavy atom. The average molecular weight is 503 g/mol. The van der Waals surface area contributed by atoms with E-state index in [-0.39, 0.29) is 38.4 Å². The molecule has 0 aromatic heterocycles. The van der Waals surface area contributed by atoms with Gasteiger partial charge >= 0.3 is 12.0 Å². The molecule has 0 unspecified atom stereocenters. The summed E-state index contributed by atoms with van der Waals surface area (Å²) in [5, 5.41) is 0. The van der Waals surface area contributed by atoms with E-state index in [2.05, 4.69) is 4.85 Å². The van der Waals surface area contributed by atoms with Crippen LogP contribution in [0.2, 0.25) is 0 Å². The Labute approximate surface area is 216 Å². The van der Waals surface area contributed by atoms with Gasteiger partial charge in [0.15, 0.2) is 5.69 Å². The van der Waals surface area contributed by atoms with Gasteiger partial charge in [-0.2, -0.15) is 0 Å². The Morgan fingerprint density at radius 1 is 1.00 bits per heavy atom. The van der Waals surface area contributed by atoms with E-state index in [1.807, 2.05) is 30.3 Å². The molecule has 2 aliphatic heterocycles. The van der Waals surface area contributed by atoms with Crippen molar-refractivity contribution >= 4 is 29.5 Å². The summed E-state index contributed by atoms with van der Waals surface area (Å²) in [5.41, 5.74) is -0.126. The number of imide groups is 1. The lowest BCUT2D eigenvalue weighted by atomic mass is 9.85. The second-order valence-electron chi connectivity index (χ2n) is 10.3. The summed E-state index contributed by atoms with van der Waals surface area (Å²) in [6.45, 7) is 12.5. The monoisotopic (exact) mass is 502 g/mol. The van der Waals surface area contributed by atoms with Crippen LogP contribution >= 0.6 is 0 Å². The predicted octanol–water partition coefficient (Wildman–Crippen LogP) is 4.02. The van der Waals surface area contributed by atoms with E-state index in [0.717, 1.165) is 10.5 Å². The number of esters is 1. The van der Waals surface area contributed by atoms with Crippen LogP contribution in [0.3, 0.4) is 0 Å². The summed E-state index contributed by atoms with van der Waals surface area (Å²) in [6.07, 6.45) is 0.502. The molecule has 0 saturated carbocycles. The van der Waals surface area contributed by atoms with Crippen molar-refractivity contribution in [2.75, 3.05) is 19.6 Å². The van der Waals surface area contributed by atoms with Gasteiger partial charge in [-0.05, 0) is 39.2 Å². The molecule has 2 aliphatic rings. The van der Waals surface area contributed by atoms with Crippen LogP contribution in [0.25, 0.3) is 4.85 Å². The summed E-state index contributed by atoms with van der Waals surface area (Å²) in [6, 6.07) is 15.3. The summed E-state index contributed by atoms with van der Waals surface area (Å²) in [5.74, 6) is -1.28. The fourth-order valence-electron chi connectivity index (χ4n) is 4.83. The van der Waals surface area contributed by atoms with E-state index in [0.29, 0.717) is 11.3 Å². The molecule has 0 atom stereocenters. The number of hydrogen-bond donors (Lipinski definition) is 0. The molecule has 192 valence electrons. The van der Waals surface area contributed by atoms with Crippen molar-refractivity contribution in [1.82, 2.24) is 14.7 Å². The van der Waals surface area contributed by atoms with Gasteiger partial charge in [-0.15, -0.1) is 0 Å². The summed E-state index contributed by atoms with van der Waals surface area (Å²) in [4.78, 5) is 60.4. The number of likely N-dealkylation sites (tertiary alicyclic amines) is 1. The van der Waals surface area contributed by atoms with Gasteiger partial charge in [-0.25, -0.2) is 9.64 Å². The first kappa shape index (κ1) is 25.9. The van der Waals surface area contributed by atoms with Crippen LogP contribution in [0.15, 0.2) is 54.6 Å². The van der Waals surface area contributed by atoms with E-state index in [9.17, 15) is 19.2 Å². The first-order chi connectivity index (χ1) is 17.5. The number of benzene rings is 2. The average Bonchev–Trinajstić information content (AvgIpc) is 3.05. The molecule has 0 radical (unpaired) electrons. The van der Waals surface area contributed by atoms with Crippen LogP contribution in [0.5, 0.6) is 0 Å². The van der Waals surface area contributed by atoms with Gasteiger partial charge in [-0.1, -0.05) is 54.6 Å². The molecule has 2 fully saturated rings. The van der Waals surface area contributed by atoms with Crippen molar-refractivity contribution in [2.45, 2.75) is 51.3 Å². The number of nitrogens with zero attached hydrogens (tertiary/aromatic N) is 4. The highest BCUT2D eigenvalue weighted by atomic mass is 16.6. The van der Waals surface area contributed by atoms with Crippen LogP contribution < -0.4 is 0 Å². The first-order valence-electron chi connectivity index (χ1n) is 12.2. The number of amides is 4. The highest BCUT2D eigenvalue weighted by Crippen LogP contribution is 2.39. The van der Waals surface area contributed by atoms with Crippen LogP contribution in [-0.2, 0) is 20.9 Å². The molecule has 2 aromatic carbocycles. The van der Waals surface area contributed by atoms with Crippen molar-refractivity contribution in [1.29, 1.82) is 0 Å². The van der Waals surface area contributed by atoms with E-state index in [1.54, 1.807) is 54.8 Å². The smallest absolute Gasteiger partial charge is 0.328 e. The standard InChI is InChI=1S/C28H30N4O5/c1-27(2,3)37-23(33)19-31-25(35)28(32(26(31)36)18-20-8-6-5-7-9-20)14-16-30(17-15-28)24(34)21-10-12-22(29-4)13-11-21/h5-13H,14-19H2,1-3H3. The lowest BCUT2D eigenvalue weighted by Crippen LogP contribution is -2.57. The molecule has 9 heteroatoms. The summed E-state index contributed by atoms with van der Waals surface area (Å²) >= 11 is 0. The largest absolute Gasteiger partial charge is 0.459 e. The van der Waals surface area contributed by atoms with E-state index in [4.69, 9.17) is 11.3 Å². The Kier molecular flexibility index (Phi) is 7.03. The Hall–Kier alpha value is -4.19. The third-order valence-electron chi connectivity index (χ3n) is 6.63. The van der Waals surface area contributed by atoms with Gasteiger partial charge in [0.1, 0.15) is 17.7 Å². The number of carbonyl (C=O) groups is 4. The maximum absolute atomic E-state index is 13.7. The molecule has 37 heavy (non-hydrogen) atoms. The van der Waals surface area contributed by atoms with Gasteiger partial charge in [0.2, 0.25) is 0 Å². The van der Waals surface area contributed by atoms with Crippen molar-refractivity contribution in [3.8, 4) is 0 Å². The van der Waals surface area contributed by atoms with Gasteiger partial charge in [-0.3, -0.25) is 19.3 Å². The summed E-state index contributed by atoms with van der Waals surface area (Å²) in [7, 11) is 0. The zero-order chi connectivity index (χ0) is 26.8. The first-order valence-corrected chi connectivity index (χ1v) is 12.2. The topological polar surface area (TPSA) is 91.6 Å². The number of urea groups is 1. The highest BCUT2D eigenvalue weighted by molar-refractivity contribution is 6.09. The molecular formula is C28H30N4O5. The SMILES string of the molecule is [C-]#[N+]c1ccc(C(=O)N2CCC3(CC2)C(=O)N(CC(=O)OC(C)(C)C)C(=O)N3Cc2ccccc2)cc1. The van der Waals surface area contributed by atoms with Gasteiger partial charge in [0.05, 0.1) is 6.57 Å². The third-order valence-corrected chi connectivity index (χ3v) is 6.63. The fourth-order valence-corrected chi connectivity index (χ4v) is 4.83. The van der Waals surface area contributed by atoms with E-state index < -0.39 is 35.6 Å². The predicted molar refractivity (Wildman–Crippen MR) is 136 cm³/mol. The second-order valence-corrected chi connectivity index (χ2v) is 10.3. The Morgan fingerprint density at radius 3 is 2.19 bits per heavy atom. The minimum atomic E-state index is -1.15. The zero-order valence-corrected chi connectivity index (χ0v) is 21.3. The molecule has 0 N–H and O–H groups in total. The van der Waals surface area contributed by atoms with Crippen LogP contribution in [0, 0.1) is 6.57 Å². The third kappa shape index (κ3) is 5.33. The molecule has 0 aliphatic carbocycles. The Balaban J connectivity index is 1.56. The quantitative estimate of drug-likeness (QED) is 0.350. The number of piperidine rings is 1. The molecule has 2 aromatic rings. The molecule has 2 saturated heterocycles. The molecule has 2 heterocycles. The van der Waals surface area contributed by atoms with Crippen molar-refractivity contribution in [2.24, 2.45) is 0 Å². The van der Waals surface area contributed by atoms with Crippen LogP contribution in [0.1, 0.15) is 49.5 Å². The number of carbonyl (C=O) groups excluding carboxylic acids is 4. The molecule has 9 nitrogen and oxygen atoms in total. The van der Waals surface area contributed by atoms with Crippen LogP contribution in [-0.4, -0.2) is 69.3 Å². The van der Waals surface area contributed by atoms with E-state index in [1.165, 1.54) is 0 Å². The maximum atomic E-state index is 13.7. The lowest BCUT2D eigenvalue weighted by molar-refractivity contribution is -0.157.